The molecule has 1 unspecified atom stereocenters. The molecule has 0 fully saturated rings. The molecule has 4 nitrogen and oxygen atoms in total. The first-order valence-electron chi connectivity index (χ1n) is 4.53. The number of hydrogen-bond donors (Lipinski definition) is 2. The largest absolute Gasteiger partial charge is 0.397 e. The molecule has 0 saturated carbocycles. The third-order valence-corrected chi connectivity index (χ3v) is 2.64. The molecule has 0 bridgehead atoms. The molecule has 14 heavy (non-hydrogen) atoms. The van der Waals surface area contributed by atoms with Gasteiger partial charge in [-0.3, -0.25) is 4.79 Å². The Morgan fingerprint density at radius 1 is 1.50 bits per heavy atom. The Labute approximate surface area is 82.7 Å². The summed E-state index contributed by atoms with van der Waals surface area (Å²) < 4.78 is 0. The number of carbonyl (C=O) groups excluding carboxylic acids is 1. The summed E-state index contributed by atoms with van der Waals surface area (Å²) in [5.74, 6) is 0.00519. The minimum Gasteiger partial charge on any atom is -0.397 e. The fraction of sp³-hybridized carbons (Fsp3) is 0.300. The van der Waals surface area contributed by atoms with Gasteiger partial charge in [-0.2, -0.15) is 0 Å². The van der Waals surface area contributed by atoms with Crippen LogP contribution in [-0.4, -0.2) is 19.0 Å². The van der Waals surface area contributed by atoms with Gasteiger partial charge in [-0.15, -0.1) is 0 Å². The van der Waals surface area contributed by atoms with Gasteiger partial charge in [0.2, 0.25) is 5.91 Å². The average Bonchev–Trinajstić information content (AvgIpc) is 2.14. The van der Waals surface area contributed by atoms with Gasteiger partial charge in [0.1, 0.15) is 6.04 Å². The van der Waals surface area contributed by atoms with Crippen LogP contribution in [0, 0.1) is 0 Å². The van der Waals surface area contributed by atoms with Crippen molar-refractivity contribution in [1.82, 2.24) is 0 Å². The van der Waals surface area contributed by atoms with Crippen LogP contribution in [0.5, 0.6) is 0 Å². The van der Waals surface area contributed by atoms with E-state index in [0.717, 1.165) is 11.4 Å². The van der Waals surface area contributed by atoms with E-state index in [0.29, 0.717) is 5.69 Å². The topological polar surface area (TPSA) is 58.4 Å². The maximum Gasteiger partial charge on any atom is 0.246 e. The molecule has 1 heterocycles. The van der Waals surface area contributed by atoms with Crippen molar-refractivity contribution in [3.63, 3.8) is 0 Å². The first kappa shape index (κ1) is 8.87. The minimum atomic E-state index is -0.174. The van der Waals surface area contributed by atoms with E-state index in [-0.39, 0.29) is 11.9 Å². The van der Waals surface area contributed by atoms with Crippen molar-refractivity contribution in [3.8, 4) is 0 Å². The normalized spacial score (nSPS) is 20.3. The zero-order valence-corrected chi connectivity index (χ0v) is 8.24. The van der Waals surface area contributed by atoms with E-state index in [1.807, 2.05) is 37.1 Å². The smallest absolute Gasteiger partial charge is 0.246 e. The summed E-state index contributed by atoms with van der Waals surface area (Å²) in [6, 6.07) is 5.34. The molecule has 1 aromatic rings. The highest BCUT2D eigenvalue weighted by molar-refractivity contribution is 6.05. The molecule has 3 N–H and O–H groups in total. The molecule has 74 valence electrons. The van der Waals surface area contributed by atoms with Crippen molar-refractivity contribution in [2.24, 2.45) is 0 Å². The molecule has 1 aliphatic heterocycles. The Morgan fingerprint density at radius 3 is 2.93 bits per heavy atom. The third kappa shape index (κ3) is 1.11. The number of amides is 1. The van der Waals surface area contributed by atoms with Gasteiger partial charge in [0.15, 0.2) is 0 Å². The van der Waals surface area contributed by atoms with Gasteiger partial charge in [-0.25, -0.2) is 0 Å². The Bertz CT molecular complexity index is 389. The molecule has 1 atom stereocenters. The van der Waals surface area contributed by atoms with E-state index >= 15 is 0 Å². The van der Waals surface area contributed by atoms with Crippen LogP contribution in [0.25, 0.3) is 0 Å². The number of hydrogen-bond acceptors (Lipinski definition) is 3. The molecular weight excluding hydrogens is 178 g/mol. The third-order valence-electron chi connectivity index (χ3n) is 2.64. The highest BCUT2D eigenvalue weighted by atomic mass is 16.2. The van der Waals surface area contributed by atoms with E-state index in [9.17, 15) is 4.79 Å². The van der Waals surface area contributed by atoms with Gasteiger partial charge < -0.3 is 16.0 Å². The van der Waals surface area contributed by atoms with Gasteiger partial charge in [-0.1, -0.05) is 6.07 Å². The summed E-state index contributed by atoms with van der Waals surface area (Å²) in [4.78, 5) is 13.4. The molecule has 0 aromatic heterocycles. The van der Waals surface area contributed by atoms with Crippen molar-refractivity contribution in [3.05, 3.63) is 18.2 Å². The van der Waals surface area contributed by atoms with Crippen molar-refractivity contribution in [2.75, 3.05) is 23.0 Å². The van der Waals surface area contributed by atoms with Crippen molar-refractivity contribution < 1.29 is 4.79 Å². The van der Waals surface area contributed by atoms with Crippen LogP contribution in [-0.2, 0) is 4.79 Å². The summed E-state index contributed by atoms with van der Waals surface area (Å²) in [7, 11) is 1.87. The molecule has 0 spiro atoms. The number of nitrogens with zero attached hydrogens (tertiary/aromatic N) is 1. The van der Waals surface area contributed by atoms with Gasteiger partial charge >= 0.3 is 0 Å². The second-order valence-electron chi connectivity index (χ2n) is 3.52. The van der Waals surface area contributed by atoms with Crippen LogP contribution in [0.15, 0.2) is 18.2 Å². The van der Waals surface area contributed by atoms with Gasteiger partial charge in [0.25, 0.3) is 0 Å². The summed E-state index contributed by atoms with van der Waals surface area (Å²) in [5.41, 5.74) is 8.23. The number of benzene rings is 1. The van der Waals surface area contributed by atoms with Gasteiger partial charge in [-0.05, 0) is 19.1 Å². The van der Waals surface area contributed by atoms with E-state index in [2.05, 4.69) is 5.32 Å². The van der Waals surface area contributed by atoms with E-state index in [4.69, 9.17) is 5.73 Å². The number of nitrogens with one attached hydrogen (secondary N) is 1. The first-order chi connectivity index (χ1) is 6.61. The number of nitrogens with two attached hydrogens (primary N) is 1. The molecule has 1 aromatic carbocycles. The summed E-state index contributed by atoms with van der Waals surface area (Å²) in [5, 5.41) is 2.82. The lowest BCUT2D eigenvalue weighted by Crippen LogP contribution is -2.44. The van der Waals surface area contributed by atoms with Crippen LogP contribution in [0.2, 0.25) is 0 Å². The highest BCUT2D eigenvalue weighted by Gasteiger charge is 2.27. The lowest BCUT2D eigenvalue weighted by atomic mass is 10.1. The second kappa shape index (κ2) is 2.90. The van der Waals surface area contributed by atoms with E-state index in [1.54, 1.807) is 0 Å². The van der Waals surface area contributed by atoms with Crippen molar-refractivity contribution in [2.45, 2.75) is 13.0 Å². The molecule has 1 amide bonds. The fourth-order valence-corrected chi connectivity index (χ4v) is 1.66. The lowest BCUT2D eigenvalue weighted by Gasteiger charge is -2.33. The maximum absolute atomic E-state index is 11.5. The van der Waals surface area contributed by atoms with Crippen LogP contribution >= 0.6 is 0 Å². The summed E-state index contributed by atoms with van der Waals surface area (Å²) in [6.07, 6.45) is 0. The number of nitrogen functional groups attached to an aromatic ring is 1. The van der Waals surface area contributed by atoms with Crippen LogP contribution in [0.4, 0.5) is 17.1 Å². The Kier molecular flexibility index (Phi) is 1.84. The first-order valence-corrected chi connectivity index (χ1v) is 4.53. The Hall–Kier alpha value is -1.71. The Balaban J connectivity index is 2.56. The number of fused-ring (bicyclic) bond motifs is 1. The number of anilines is 3. The number of carbonyl (C=O) groups is 1. The molecule has 2 rings (SSSR count). The number of likely N-dealkylation sites (N-methyl/N-ethyl adjacent to an activating group) is 1. The zero-order valence-electron chi connectivity index (χ0n) is 8.24. The van der Waals surface area contributed by atoms with E-state index in [1.165, 1.54) is 0 Å². The lowest BCUT2D eigenvalue weighted by molar-refractivity contribution is -0.117. The maximum atomic E-state index is 11.5. The predicted octanol–water partition coefficient (Wildman–Crippen LogP) is 1.05. The predicted molar refractivity (Wildman–Crippen MR) is 57.3 cm³/mol. The summed E-state index contributed by atoms with van der Waals surface area (Å²) in [6.45, 7) is 1.85. The SMILES string of the molecule is CC1C(=O)Nc2cccc(N)c2N1C. The molecule has 4 heteroatoms. The van der Waals surface area contributed by atoms with Crippen LogP contribution in [0.1, 0.15) is 6.92 Å². The van der Waals surface area contributed by atoms with Crippen molar-refractivity contribution in [1.29, 1.82) is 0 Å². The standard InChI is InChI=1S/C10H13N3O/c1-6-10(14)12-8-5-3-4-7(11)9(8)13(6)2/h3-6H,11H2,1-2H3,(H,12,14). The van der Waals surface area contributed by atoms with Crippen LogP contribution in [0.3, 0.4) is 0 Å². The molecule has 0 saturated heterocycles. The molecular formula is C10H13N3O. The van der Waals surface area contributed by atoms with Crippen LogP contribution < -0.4 is 16.0 Å². The van der Waals surface area contributed by atoms with Crippen molar-refractivity contribution >= 4 is 23.0 Å². The summed E-state index contributed by atoms with van der Waals surface area (Å²) >= 11 is 0. The second-order valence-corrected chi connectivity index (χ2v) is 3.52. The zero-order chi connectivity index (χ0) is 10.3. The Morgan fingerprint density at radius 2 is 2.21 bits per heavy atom. The quantitative estimate of drug-likeness (QED) is 0.602. The number of para-hydroxylation sites is 1. The molecule has 0 radical (unpaired) electrons. The van der Waals surface area contributed by atoms with Gasteiger partial charge in [0.05, 0.1) is 17.1 Å². The van der Waals surface area contributed by atoms with Gasteiger partial charge in [0, 0.05) is 7.05 Å². The molecule has 0 aliphatic carbocycles. The average molecular weight is 191 g/mol. The highest BCUT2D eigenvalue weighted by Crippen LogP contribution is 2.35. The fourth-order valence-electron chi connectivity index (χ4n) is 1.66. The monoisotopic (exact) mass is 191 g/mol. The molecule has 1 aliphatic rings. The minimum absolute atomic E-state index is 0.00519. The van der Waals surface area contributed by atoms with E-state index < -0.39 is 0 Å². The number of rotatable bonds is 0.